The minimum Gasteiger partial charge on any atom is -0.330 e. The standard InChI is InChI=1S/C17H23N3/c1-14-7-6-10-16(19-14)13-20(2)17(11-12-18)15-8-4-3-5-9-15/h3-10,17H,11-13,18H2,1-2H3. The fourth-order valence-electron chi connectivity index (χ4n) is 2.53. The quantitative estimate of drug-likeness (QED) is 0.876. The van der Waals surface area contributed by atoms with Crippen molar-refractivity contribution in [3.8, 4) is 0 Å². The first-order valence-electron chi connectivity index (χ1n) is 7.08. The van der Waals surface area contributed by atoms with E-state index in [2.05, 4.69) is 53.3 Å². The third-order valence-electron chi connectivity index (χ3n) is 3.51. The van der Waals surface area contributed by atoms with Crippen LogP contribution >= 0.6 is 0 Å². The van der Waals surface area contributed by atoms with Crippen LogP contribution in [0.5, 0.6) is 0 Å². The molecule has 0 aliphatic rings. The van der Waals surface area contributed by atoms with Crippen LogP contribution in [0.4, 0.5) is 0 Å². The molecule has 3 nitrogen and oxygen atoms in total. The Hall–Kier alpha value is -1.71. The molecule has 0 fully saturated rings. The van der Waals surface area contributed by atoms with Crippen LogP contribution in [-0.2, 0) is 6.54 Å². The fraction of sp³-hybridized carbons (Fsp3) is 0.353. The summed E-state index contributed by atoms with van der Waals surface area (Å²) in [6, 6.07) is 17.0. The zero-order chi connectivity index (χ0) is 14.4. The fourth-order valence-corrected chi connectivity index (χ4v) is 2.53. The number of benzene rings is 1. The summed E-state index contributed by atoms with van der Waals surface area (Å²) in [5.74, 6) is 0. The van der Waals surface area contributed by atoms with E-state index in [4.69, 9.17) is 5.73 Å². The number of aryl methyl sites for hydroxylation is 1. The molecule has 0 saturated carbocycles. The van der Waals surface area contributed by atoms with Gasteiger partial charge in [0.15, 0.2) is 0 Å². The number of pyridine rings is 1. The van der Waals surface area contributed by atoms with Gasteiger partial charge >= 0.3 is 0 Å². The van der Waals surface area contributed by atoms with Gasteiger partial charge in [0, 0.05) is 18.3 Å². The summed E-state index contributed by atoms with van der Waals surface area (Å²) < 4.78 is 0. The molecule has 0 aliphatic heterocycles. The van der Waals surface area contributed by atoms with Crippen LogP contribution in [0.3, 0.4) is 0 Å². The van der Waals surface area contributed by atoms with Crippen LogP contribution in [0.1, 0.15) is 29.4 Å². The molecule has 2 N–H and O–H groups in total. The Labute approximate surface area is 121 Å². The highest BCUT2D eigenvalue weighted by atomic mass is 15.1. The molecule has 2 aromatic rings. The van der Waals surface area contributed by atoms with Crippen LogP contribution in [0, 0.1) is 6.92 Å². The molecule has 0 spiro atoms. The van der Waals surface area contributed by atoms with Gasteiger partial charge in [0.25, 0.3) is 0 Å². The van der Waals surface area contributed by atoms with Gasteiger partial charge in [-0.2, -0.15) is 0 Å². The smallest absolute Gasteiger partial charge is 0.0547 e. The van der Waals surface area contributed by atoms with E-state index in [9.17, 15) is 0 Å². The van der Waals surface area contributed by atoms with Gasteiger partial charge < -0.3 is 5.73 Å². The van der Waals surface area contributed by atoms with E-state index < -0.39 is 0 Å². The average Bonchev–Trinajstić information content (AvgIpc) is 2.45. The first-order valence-corrected chi connectivity index (χ1v) is 7.08. The van der Waals surface area contributed by atoms with E-state index in [1.54, 1.807) is 0 Å². The first-order chi connectivity index (χ1) is 9.70. The largest absolute Gasteiger partial charge is 0.330 e. The van der Waals surface area contributed by atoms with Gasteiger partial charge in [0.1, 0.15) is 0 Å². The summed E-state index contributed by atoms with van der Waals surface area (Å²) in [7, 11) is 2.14. The maximum atomic E-state index is 5.78. The number of nitrogens with zero attached hydrogens (tertiary/aromatic N) is 2. The van der Waals surface area contributed by atoms with E-state index in [1.165, 1.54) is 5.56 Å². The lowest BCUT2D eigenvalue weighted by molar-refractivity contribution is 0.224. The van der Waals surface area contributed by atoms with Crippen molar-refractivity contribution in [2.45, 2.75) is 25.9 Å². The van der Waals surface area contributed by atoms with Crippen LogP contribution in [-0.4, -0.2) is 23.5 Å². The van der Waals surface area contributed by atoms with Gasteiger partial charge in [-0.15, -0.1) is 0 Å². The lowest BCUT2D eigenvalue weighted by Crippen LogP contribution is -2.26. The zero-order valence-electron chi connectivity index (χ0n) is 12.3. The second-order valence-electron chi connectivity index (χ2n) is 5.19. The second kappa shape index (κ2) is 7.17. The molecule has 0 aliphatic carbocycles. The Morgan fingerprint density at radius 1 is 1.10 bits per heavy atom. The molecule has 0 saturated heterocycles. The van der Waals surface area contributed by atoms with Crippen molar-refractivity contribution in [2.24, 2.45) is 5.73 Å². The number of hydrogen-bond donors (Lipinski definition) is 1. The molecule has 3 heteroatoms. The molecule has 0 amide bonds. The number of aromatic nitrogens is 1. The Bertz CT molecular complexity index is 525. The monoisotopic (exact) mass is 269 g/mol. The third-order valence-corrected chi connectivity index (χ3v) is 3.51. The minimum atomic E-state index is 0.337. The molecule has 1 aromatic heterocycles. The van der Waals surface area contributed by atoms with Crippen molar-refractivity contribution >= 4 is 0 Å². The van der Waals surface area contributed by atoms with Gasteiger partial charge in [0.2, 0.25) is 0 Å². The van der Waals surface area contributed by atoms with Crippen molar-refractivity contribution in [1.82, 2.24) is 9.88 Å². The van der Waals surface area contributed by atoms with Crippen LogP contribution in [0.2, 0.25) is 0 Å². The Balaban J connectivity index is 2.13. The summed E-state index contributed by atoms with van der Waals surface area (Å²) in [5.41, 5.74) is 9.26. The second-order valence-corrected chi connectivity index (χ2v) is 5.19. The van der Waals surface area contributed by atoms with Crippen molar-refractivity contribution in [3.05, 3.63) is 65.5 Å². The summed E-state index contributed by atoms with van der Waals surface area (Å²) in [6.07, 6.45) is 0.951. The third kappa shape index (κ3) is 3.89. The summed E-state index contributed by atoms with van der Waals surface area (Å²) in [5, 5.41) is 0. The van der Waals surface area contributed by atoms with Gasteiger partial charge in [-0.1, -0.05) is 36.4 Å². The Morgan fingerprint density at radius 2 is 1.85 bits per heavy atom. The van der Waals surface area contributed by atoms with Gasteiger partial charge in [0.05, 0.1) is 5.69 Å². The van der Waals surface area contributed by atoms with E-state index in [0.717, 1.165) is 24.4 Å². The van der Waals surface area contributed by atoms with Gasteiger partial charge in [-0.3, -0.25) is 9.88 Å². The average molecular weight is 269 g/mol. The highest BCUT2D eigenvalue weighted by Gasteiger charge is 2.16. The Kier molecular flexibility index (Phi) is 5.27. The molecule has 0 radical (unpaired) electrons. The molecule has 1 atom stereocenters. The SMILES string of the molecule is Cc1cccc(CN(C)C(CCN)c2ccccc2)n1. The molecule has 20 heavy (non-hydrogen) atoms. The van der Waals surface area contributed by atoms with E-state index in [1.807, 2.05) is 19.1 Å². The van der Waals surface area contributed by atoms with Crippen LogP contribution in [0.25, 0.3) is 0 Å². The normalized spacial score (nSPS) is 12.6. The zero-order valence-corrected chi connectivity index (χ0v) is 12.3. The summed E-state index contributed by atoms with van der Waals surface area (Å²) in [4.78, 5) is 6.90. The van der Waals surface area contributed by atoms with Crippen LogP contribution in [0.15, 0.2) is 48.5 Å². The molecule has 1 unspecified atom stereocenters. The summed E-state index contributed by atoms with van der Waals surface area (Å²) >= 11 is 0. The van der Waals surface area contributed by atoms with Crippen molar-refractivity contribution in [1.29, 1.82) is 0 Å². The van der Waals surface area contributed by atoms with Gasteiger partial charge in [-0.25, -0.2) is 0 Å². The van der Waals surface area contributed by atoms with E-state index >= 15 is 0 Å². The molecule has 2 rings (SSSR count). The van der Waals surface area contributed by atoms with Gasteiger partial charge in [-0.05, 0) is 44.6 Å². The highest BCUT2D eigenvalue weighted by molar-refractivity contribution is 5.19. The highest BCUT2D eigenvalue weighted by Crippen LogP contribution is 2.23. The van der Waals surface area contributed by atoms with E-state index in [0.29, 0.717) is 12.6 Å². The maximum Gasteiger partial charge on any atom is 0.0547 e. The lowest BCUT2D eigenvalue weighted by Gasteiger charge is -2.28. The van der Waals surface area contributed by atoms with Crippen molar-refractivity contribution in [2.75, 3.05) is 13.6 Å². The predicted molar refractivity (Wildman–Crippen MR) is 83.3 cm³/mol. The minimum absolute atomic E-state index is 0.337. The molecule has 106 valence electrons. The molecule has 0 bridgehead atoms. The number of nitrogens with two attached hydrogens (primary N) is 1. The Morgan fingerprint density at radius 3 is 2.50 bits per heavy atom. The molecular weight excluding hydrogens is 246 g/mol. The number of hydrogen-bond acceptors (Lipinski definition) is 3. The summed E-state index contributed by atoms with van der Waals surface area (Å²) in [6.45, 7) is 3.55. The molecule has 1 heterocycles. The van der Waals surface area contributed by atoms with E-state index in [-0.39, 0.29) is 0 Å². The predicted octanol–water partition coefficient (Wildman–Crippen LogP) is 2.91. The molecular formula is C17H23N3. The van der Waals surface area contributed by atoms with Crippen molar-refractivity contribution in [3.63, 3.8) is 0 Å². The first kappa shape index (κ1) is 14.7. The molecule has 1 aromatic carbocycles. The number of rotatable bonds is 6. The lowest BCUT2D eigenvalue weighted by atomic mass is 10.0. The maximum absolute atomic E-state index is 5.78. The topological polar surface area (TPSA) is 42.1 Å². The van der Waals surface area contributed by atoms with Crippen LogP contribution < -0.4 is 5.73 Å². The van der Waals surface area contributed by atoms with Crippen molar-refractivity contribution < 1.29 is 0 Å².